The van der Waals surface area contributed by atoms with Crippen molar-refractivity contribution >= 4 is 15.9 Å². The second-order valence-electron chi connectivity index (χ2n) is 6.62. The summed E-state index contributed by atoms with van der Waals surface area (Å²) in [5.41, 5.74) is 8.16. The smallest absolute Gasteiger partial charge is 0.231 e. The Bertz CT molecular complexity index is 616. The van der Waals surface area contributed by atoms with E-state index in [1.807, 2.05) is 25.1 Å². The second-order valence-corrected chi connectivity index (χ2v) is 7.47. The Balaban J connectivity index is 2.25. The molecule has 1 unspecified atom stereocenters. The molecular formula is C16H22BrN3O. The first-order valence-corrected chi connectivity index (χ1v) is 7.89. The van der Waals surface area contributed by atoms with Crippen molar-refractivity contribution in [3.63, 3.8) is 0 Å². The van der Waals surface area contributed by atoms with Crippen LogP contribution in [0.2, 0.25) is 0 Å². The highest BCUT2D eigenvalue weighted by Crippen LogP contribution is 2.31. The summed E-state index contributed by atoms with van der Waals surface area (Å²) in [6.07, 6.45) is 0.919. The van der Waals surface area contributed by atoms with E-state index in [4.69, 9.17) is 10.3 Å². The standard InChI is InChI=1S/C16H22BrN3O/c1-10-5-6-11(7-13(10)17)14-19-15(21-20-14)12(9-18)8-16(2,3)4/h5-7,12H,8-9,18H2,1-4H3. The summed E-state index contributed by atoms with van der Waals surface area (Å²) in [6, 6.07) is 6.03. The highest BCUT2D eigenvalue weighted by molar-refractivity contribution is 9.10. The molecule has 1 atom stereocenters. The molecule has 5 heteroatoms. The van der Waals surface area contributed by atoms with E-state index in [-0.39, 0.29) is 11.3 Å². The van der Waals surface area contributed by atoms with Crippen molar-refractivity contribution in [2.24, 2.45) is 11.1 Å². The molecule has 0 aliphatic heterocycles. The Labute approximate surface area is 134 Å². The lowest BCUT2D eigenvalue weighted by molar-refractivity contribution is 0.287. The van der Waals surface area contributed by atoms with Gasteiger partial charge in [0.1, 0.15) is 0 Å². The minimum absolute atomic E-state index is 0.0974. The zero-order valence-electron chi connectivity index (χ0n) is 13.0. The molecule has 2 rings (SSSR count). The van der Waals surface area contributed by atoms with Crippen LogP contribution in [0.5, 0.6) is 0 Å². The quantitative estimate of drug-likeness (QED) is 0.892. The SMILES string of the molecule is Cc1ccc(-c2noc(C(CN)CC(C)(C)C)n2)cc1Br. The summed E-state index contributed by atoms with van der Waals surface area (Å²) >= 11 is 3.53. The van der Waals surface area contributed by atoms with Gasteiger partial charge in [0.25, 0.3) is 0 Å². The Morgan fingerprint density at radius 3 is 2.62 bits per heavy atom. The molecule has 0 saturated heterocycles. The molecule has 0 aliphatic rings. The molecule has 0 aliphatic carbocycles. The van der Waals surface area contributed by atoms with Gasteiger partial charge in [-0.05, 0) is 30.4 Å². The highest BCUT2D eigenvalue weighted by Gasteiger charge is 2.24. The van der Waals surface area contributed by atoms with Gasteiger partial charge >= 0.3 is 0 Å². The van der Waals surface area contributed by atoms with Crippen LogP contribution in [0.4, 0.5) is 0 Å². The zero-order chi connectivity index (χ0) is 15.6. The molecule has 2 N–H and O–H groups in total. The second kappa shape index (κ2) is 6.28. The number of rotatable bonds is 4. The third kappa shape index (κ3) is 4.14. The zero-order valence-corrected chi connectivity index (χ0v) is 14.6. The number of aryl methyl sites for hydroxylation is 1. The molecule has 0 saturated carbocycles. The van der Waals surface area contributed by atoms with Crippen LogP contribution in [0.15, 0.2) is 27.2 Å². The molecule has 0 amide bonds. The number of nitrogens with two attached hydrogens (primary N) is 1. The summed E-state index contributed by atoms with van der Waals surface area (Å²) in [6.45, 7) is 9.11. The normalized spacial score (nSPS) is 13.4. The molecule has 114 valence electrons. The maximum absolute atomic E-state index is 5.87. The van der Waals surface area contributed by atoms with Gasteiger partial charge in [0.2, 0.25) is 11.7 Å². The first kappa shape index (κ1) is 16.2. The van der Waals surface area contributed by atoms with E-state index in [2.05, 4.69) is 46.8 Å². The molecule has 1 heterocycles. The van der Waals surface area contributed by atoms with Gasteiger partial charge in [-0.2, -0.15) is 4.98 Å². The fraction of sp³-hybridized carbons (Fsp3) is 0.500. The number of benzene rings is 1. The van der Waals surface area contributed by atoms with Crippen LogP contribution in [0.25, 0.3) is 11.4 Å². The monoisotopic (exact) mass is 351 g/mol. The number of hydrogen-bond acceptors (Lipinski definition) is 4. The van der Waals surface area contributed by atoms with Crippen molar-refractivity contribution in [1.82, 2.24) is 10.1 Å². The van der Waals surface area contributed by atoms with Gasteiger partial charge in [-0.15, -0.1) is 0 Å². The Morgan fingerprint density at radius 1 is 1.33 bits per heavy atom. The van der Waals surface area contributed by atoms with E-state index in [0.29, 0.717) is 18.3 Å². The Morgan fingerprint density at radius 2 is 2.05 bits per heavy atom. The average molecular weight is 352 g/mol. The first-order chi connectivity index (χ1) is 9.80. The fourth-order valence-electron chi connectivity index (χ4n) is 2.26. The predicted octanol–water partition coefficient (Wildman–Crippen LogP) is 4.29. The first-order valence-electron chi connectivity index (χ1n) is 7.10. The van der Waals surface area contributed by atoms with Crippen molar-refractivity contribution < 1.29 is 4.52 Å². The Hall–Kier alpha value is -1.20. The van der Waals surface area contributed by atoms with Crippen molar-refractivity contribution in [1.29, 1.82) is 0 Å². The lowest BCUT2D eigenvalue weighted by Crippen LogP contribution is -2.19. The van der Waals surface area contributed by atoms with Gasteiger partial charge in [0, 0.05) is 16.6 Å². The van der Waals surface area contributed by atoms with Crippen LogP contribution in [0.3, 0.4) is 0 Å². The molecular weight excluding hydrogens is 330 g/mol. The van der Waals surface area contributed by atoms with Crippen molar-refractivity contribution in [3.05, 3.63) is 34.1 Å². The van der Waals surface area contributed by atoms with Gasteiger partial charge in [-0.25, -0.2) is 0 Å². The molecule has 1 aromatic carbocycles. The lowest BCUT2D eigenvalue weighted by atomic mass is 9.84. The maximum Gasteiger partial charge on any atom is 0.231 e. The molecule has 1 aromatic heterocycles. The predicted molar refractivity (Wildman–Crippen MR) is 88.0 cm³/mol. The van der Waals surface area contributed by atoms with Crippen LogP contribution < -0.4 is 5.73 Å². The maximum atomic E-state index is 5.87. The minimum atomic E-state index is 0.0974. The summed E-state index contributed by atoms with van der Waals surface area (Å²) in [4.78, 5) is 4.53. The fourth-order valence-corrected chi connectivity index (χ4v) is 2.64. The minimum Gasteiger partial charge on any atom is -0.339 e. The topological polar surface area (TPSA) is 64.9 Å². The molecule has 0 radical (unpaired) electrons. The third-order valence-corrected chi connectivity index (χ3v) is 4.22. The van der Waals surface area contributed by atoms with Gasteiger partial charge < -0.3 is 10.3 Å². The number of halogens is 1. The summed E-state index contributed by atoms with van der Waals surface area (Å²) in [7, 11) is 0. The largest absolute Gasteiger partial charge is 0.339 e. The van der Waals surface area contributed by atoms with E-state index in [1.54, 1.807) is 0 Å². The molecule has 21 heavy (non-hydrogen) atoms. The van der Waals surface area contributed by atoms with Gasteiger partial charge in [0.15, 0.2) is 0 Å². The average Bonchev–Trinajstić information content (AvgIpc) is 2.87. The van der Waals surface area contributed by atoms with E-state index < -0.39 is 0 Å². The molecule has 2 aromatic rings. The highest BCUT2D eigenvalue weighted by atomic mass is 79.9. The van der Waals surface area contributed by atoms with E-state index in [0.717, 1.165) is 16.5 Å². The van der Waals surface area contributed by atoms with Crippen LogP contribution >= 0.6 is 15.9 Å². The van der Waals surface area contributed by atoms with Gasteiger partial charge in [0.05, 0.1) is 5.92 Å². The van der Waals surface area contributed by atoms with Gasteiger partial charge in [-0.3, -0.25) is 0 Å². The number of nitrogens with zero attached hydrogens (tertiary/aromatic N) is 2. The Kier molecular flexibility index (Phi) is 4.84. The van der Waals surface area contributed by atoms with Crippen molar-refractivity contribution in [3.8, 4) is 11.4 Å². The van der Waals surface area contributed by atoms with Crippen LogP contribution in [-0.4, -0.2) is 16.7 Å². The number of aromatic nitrogens is 2. The molecule has 0 fully saturated rings. The molecule has 4 nitrogen and oxygen atoms in total. The third-order valence-electron chi connectivity index (χ3n) is 3.36. The molecule has 0 spiro atoms. The van der Waals surface area contributed by atoms with E-state index >= 15 is 0 Å². The summed E-state index contributed by atoms with van der Waals surface area (Å²) < 4.78 is 6.47. The molecule has 0 bridgehead atoms. The van der Waals surface area contributed by atoms with Crippen LogP contribution in [0, 0.1) is 12.3 Å². The van der Waals surface area contributed by atoms with Crippen molar-refractivity contribution in [2.45, 2.75) is 40.0 Å². The number of hydrogen-bond donors (Lipinski definition) is 1. The van der Waals surface area contributed by atoms with Gasteiger partial charge in [-0.1, -0.05) is 54.0 Å². The van der Waals surface area contributed by atoms with Crippen molar-refractivity contribution in [2.75, 3.05) is 6.54 Å². The van der Waals surface area contributed by atoms with E-state index in [9.17, 15) is 0 Å². The van der Waals surface area contributed by atoms with E-state index in [1.165, 1.54) is 5.56 Å². The van der Waals surface area contributed by atoms with Crippen LogP contribution in [0.1, 0.15) is 44.6 Å². The summed E-state index contributed by atoms with van der Waals surface area (Å²) in [5, 5.41) is 4.09. The lowest BCUT2D eigenvalue weighted by Gasteiger charge is -2.22. The van der Waals surface area contributed by atoms with Crippen LogP contribution in [-0.2, 0) is 0 Å². The summed E-state index contributed by atoms with van der Waals surface area (Å²) in [5.74, 6) is 1.33.